The quantitative estimate of drug-likeness (QED) is 0.919. The summed E-state index contributed by atoms with van der Waals surface area (Å²) in [7, 11) is 0. The predicted octanol–water partition coefficient (Wildman–Crippen LogP) is 3.83. The molecule has 1 aliphatic heterocycles. The number of nitrogens with zero attached hydrogens (tertiary/aromatic N) is 1. The third kappa shape index (κ3) is 3.70. The molecule has 2 nitrogen and oxygen atoms in total. The van der Waals surface area contributed by atoms with Gasteiger partial charge in [0.15, 0.2) is 0 Å². The third-order valence-electron chi connectivity index (χ3n) is 4.26. The molecule has 1 aromatic rings. The Hall–Kier alpha value is -1.23. The number of anilines is 1. The Morgan fingerprint density at radius 2 is 1.95 bits per heavy atom. The summed E-state index contributed by atoms with van der Waals surface area (Å²) >= 11 is 0. The van der Waals surface area contributed by atoms with E-state index in [0.29, 0.717) is 11.6 Å². The van der Waals surface area contributed by atoms with Gasteiger partial charge in [0.25, 0.3) is 0 Å². The molecule has 118 valence electrons. The van der Waals surface area contributed by atoms with Crippen LogP contribution >= 0.6 is 0 Å². The second-order valence-corrected chi connectivity index (χ2v) is 6.06. The minimum atomic E-state index is -4.33. The first-order valence-corrected chi connectivity index (χ1v) is 7.49. The maximum atomic E-state index is 13.2. The fraction of sp³-hybridized carbons (Fsp3) is 0.625. The lowest BCUT2D eigenvalue weighted by Gasteiger charge is -2.39. The lowest BCUT2D eigenvalue weighted by molar-refractivity contribution is -0.138. The highest BCUT2D eigenvalue weighted by Crippen LogP contribution is 2.36. The Kier molecular flexibility index (Phi) is 4.81. The normalized spacial score (nSPS) is 23.4. The molecule has 5 heteroatoms. The van der Waals surface area contributed by atoms with Crippen LogP contribution in [0, 0.1) is 5.92 Å². The molecule has 1 aromatic carbocycles. The molecule has 0 saturated carbocycles. The molecule has 1 saturated heterocycles. The second-order valence-electron chi connectivity index (χ2n) is 6.06. The van der Waals surface area contributed by atoms with Crippen molar-refractivity contribution in [2.45, 2.75) is 45.3 Å². The highest BCUT2D eigenvalue weighted by Gasteiger charge is 2.34. The summed E-state index contributed by atoms with van der Waals surface area (Å²) in [6, 6.07) is 4.95. The van der Waals surface area contributed by atoms with Crippen LogP contribution in [0.3, 0.4) is 0 Å². The van der Waals surface area contributed by atoms with Crippen molar-refractivity contribution in [2.75, 3.05) is 18.0 Å². The zero-order valence-corrected chi connectivity index (χ0v) is 12.6. The maximum Gasteiger partial charge on any atom is 0.416 e. The second kappa shape index (κ2) is 6.26. The van der Waals surface area contributed by atoms with Crippen LogP contribution in [0.15, 0.2) is 18.2 Å². The van der Waals surface area contributed by atoms with Crippen molar-refractivity contribution in [1.82, 2.24) is 0 Å². The summed E-state index contributed by atoms with van der Waals surface area (Å²) in [5.74, 6) is 0.513. The van der Waals surface area contributed by atoms with Crippen LogP contribution in [-0.2, 0) is 12.6 Å². The average molecular weight is 300 g/mol. The topological polar surface area (TPSA) is 29.3 Å². The molecule has 0 spiro atoms. The van der Waals surface area contributed by atoms with Gasteiger partial charge in [0.2, 0.25) is 0 Å². The Morgan fingerprint density at radius 1 is 1.24 bits per heavy atom. The monoisotopic (exact) mass is 300 g/mol. The van der Waals surface area contributed by atoms with E-state index in [4.69, 9.17) is 5.73 Å². The number of hydrogen-bond donors (Lipinski definition) is 1. The SMILES string of the molecule is CC1CCC(C)N(c2ccc(CCN)c(C(F)(F)F)c2)C1. The fourth-order valence-corrected chi connectivity index (χ4v) is 3.03. The Bertz CT molecular complexity index is 485. The number of rotatable bonds is 3. The Balaban J connectivity index is 2.36. The van der Waals surface area contributed by atoms with Gasteiger partial charge in [-0.1, -0.05) is 13.0 Å². The van der Waals surface area contributed by atoms with Gasteiger partial charge < -0.3 is 10.6 Å². The first kappa shape index (κ1) is 16.1. The standard InChI is InChI=1S/C16H23F3N2/c1-11-3-4-12(2)21(10-11)14-6-5-13(7-8-20)15(9-14)16(17,18)19/h5-6,9,11-12H,3-4,7-8,10,20H2,1-2H3. The lowest BCUT2D eigenvalue weighted by Crippen LogP contribution is -2.41. The van der Waals surface area contributed by atoms with E-state index in [1.54, 1.807) is 12.1 Å². The number of nitrogens with two attached hydrogens (primary N) is 1. The first-order chi connectivity index (χ1) is 9.82. The smallest absolute Gasteiger partial charge is 0.369 e. The summed E-state index contributed by atoms with van der Waals surface area (Å²) in [6.45, 7) is 5.26. The molecule has 2 atom stereocenters. The number of hydrogen-bond acceptors (Lipinski definition) is 2. The largest absolute Gasteiger partial charge is 0.416 e. The van der Waals surface area contributed by atoms with E-state index in [0.717, 1.165) is 19.4 Å². The van der Waals surface area contributed by atoms with Gasteiger partial charge in [-0.3, -0.25) is 0 Å². The van der Waals surface area contributed by atoms with E-state index in [9.17, 15) is 13.2 Å². The van der Waals surface area contributed by atoms with Crippen LogP contribution in [0.4, 0.5) is 18.9 Å². The molecule has 0 aromatic heterocycles. The number of alkyl halides is 3. The van der Waals surface area contributed by atoms with E-state index in [2.05, 4.69) is 18.7 Å². The molecule has 0 bridgehead atoms. The van der Waals surface area contributed by atoms with Gasteiger partial charge in [-0.25, -0.2) is 0 Å². The van der Waals surface area contributed by atoms with E-state index >= 15 is 0 Å². The molecule has 2 rings (SSSR count). The van der Waals surface area contributed by atoms with Crippen LogP contribution in [-0.4, -0.2) is 19.1 Å². The van der Waals surface area contributed by atoms with Gasteiger partial charge in [0.05, 0.1) is 5.56 Å². The summed E-state index contributed by atoms with van der Waals surface area (Å²) in [5.41, 5.74) is 5.82. The van der Waals surface area contributed by atoms with E-state index < -0.39 is 11.7 Å². The number of halogens is 3. The van der Waals surface area contributed by atoms with Gasteiger partial charge in [-0.15, -0.1) is 0 Å². The minimum Gasteiger partial charge on any atom is -0.369 e. The third-order valence-corrected chi connectivity index (χ3v) is 4.26. The van der Waals surface area contributed by atoms with Crippen molar-refractivity contribution in [3.05, 3.63) is 29.3 Å². The minimum absolute atomic E-state index is 0.222. The van der Waals surface area contributed by atoms with Crippen molar-refractivity contribution in [2.24, 2.45) is 11.7 Å². The van der Waals surface area contributed by atoms with Crippen LogP contribution in [0.1, 0.15) is 37.8 Å². The van der Waals surface area contributed by atoms with Crippen LogP contribution < -0.4 is 10.6 Å². The molecule has 1 heterocycles. The molecule has 0 radical (unpaired) electrons. The molecular formula is C16H23F3N2. The fourth-order valence-electron chi connectivity index (χ4n) is 3.03. The molecule has 21 heavy (non-hydrogen) atoms. The van der Waals surface area contributed by atoms with Crippen molar-refractivity contribution < 1.29 is 13.2 Å². The predicted molar refractivity (Wildman–Crippen MR) is 79.4 cm³/mol. The summed E-state index contributed by atoms with van der Waals surface area (Å²) in [4.78, 5) is 2.09. The molecule has 0 aliphatic carbocycles. The van der Waals surface area contributed by atoms with Crippen LogP contribution in [0.5, 0.6) is 0 Å². The first-order valence-electron chi connectivity index (χ1n) is 7.49. The van der Waals surface area contributed by atoms with Crippen molar-refractivity contribution in [3.63, 3.8) is 0 Å². The maximum absolute atomic E-state index is 13.2. The van der Waals surface area contributed by atoms with Crippen LogP contribution in [0.2, 0.25) is 0 Å². The van der Waals surface area contributed by atoms with Gasteiger partial charge in [0, 0.05) is 18.3 Å². The molecule has 2 N–H and O–H groups in total. The van der Waals surface area contributed by atoms with E-state index in [1.807, 2.05) is 0 Å². The van der Waals surface area contributed by atoms with Gasteiger partial charge in [-0.2, -0.15) is 13.2 Å². The van der Waals surface area contributed by atoms with Crippen molar-refractivity contribution in [3.8, 4) is 0 Å². The zero-order valence-electron chi connectivity index (χ0n) is 12.6. The van der Waals surface area contributed by atoms with E-state index in [-0.39, 0.29) is 24.6 Å². The molecule has 0 amide bonds. The summed E-state index contributed by atoms with van der Waals surface area (Å²) < 4.78 is 39.7. The average Bonchev–Trinajstić information content (AvgIpc) is 2.41. The van der Waals surface area contributed by atoms with Crippen molar-refractivity contribution >= 4 is 5.69 Å². The van der Waals surface area contributed by atoms with Gasteiger partial charge in [0.1, 0.15) is 0 Å². The van der Waals surface area contributed by atoms with Crippen molar-refractivity contribution in [1.29, 1.82) is 0 Å². The molecule has 2 unspecified atom stereocenters. The molecule has 1 fully saturated rings. The summed E-state index contributed by atoms with van der Waals surface area (Å²) in [6.07, 6.45) is -1.92. The Morgan fingerprint density at radius 3 is 2.57 bits per heavy atom. The van der Waals surface area contributed by atoms with E-state index in [1.165, 1.54) is 6.07 Å². The number of piperidine rings is 1. The van der Waals surface area contributed by atoms with Gasteiger partial charge in [-0.05, 0) is 56.3 Å². The molecule has 1 aliphatic rings. The molecular weight excluding hydrogens is 277 g/mol. The van der Waals surface area contributed by atoms with Crippen LogP contribution in [0.25, 0.3) is 0 Å². The van der Waals surface area contributed by atoms with Gasteiger partial charge >= 0.3 is 6.18 Å². The Labute approximate surface area is 124 Å². The summed E-state index contributed by atoms with van der Waals surface area (Å²) in [5, 5.41) is 0. The highest BCUT2D eigenvalue weighted by atomic mass is 19.4. The lowest BCUT2D eigenvalue weighted by atomic mass is 9.93. The number of benzene rings is 1. The zero-order chi connectivity index (χ0) is 15.6. The highest BCUT2D eigenvalue weighted by molar-refractivity contribution is 5.53.